The van der Waals surface area contributed by atoms with E-state index in [4.69, 9.17) is 17.0 Å². The Morgan fingerprint density at radius 2 is 1.94 bits per heavy atom. The van der Waals surface area contributed by atoms with Crippen LogP contribution in [0.5, 0.6) is 0 Å². The van der Waals surface area contributed by atoms with Gasteiger partial charge in [0, 0.05) is 31.2 Å². The summed E-state index contributed by atoms with van der Waals surface area (Å²) >= 11 is 6.91. The standard InChI is InChI=1S/C24H30N4O3S2/c1-3-4-9-27-21(26-10-12-31-13-11-26)18(16(2)19(15-25)22(27)29)14-20-23(30)28(24(32)33-20)17-7-5-6-8-17/h14,17H,3-13H2,1-2H3/b20-14-. The third kappa shape index (κ3) is 4.61. The molecule has 1 amide bonds. The lowest BCUT2D eigenvalue weighted by Gasteiger charge is -2.33. The minimum Gasteiger partial charge on any atom is -0.378 e. The van der Waals surface area contributed by atoms with Crippen molar-refractivity contribution in [2.24, 2.45) is 0 Å². The number of amides is 1. The van der Waals surface area contributed by atoms with Gasteiger partial charge in [-0.05, 0) is 37.8 Å². The molecular formula is C24H30N4O3S2. The molecule has 176 valence electrons. The van der Waals surface area contributed by atoms with Crippen molar-refractivity contribution in [2.45, 2.75) is 65.0 Å². The van der Waals surface area contributed by atoms with Gasteiger partial charge in [-0.3, -0.25) is 19.1 Å². The Morgan fingerprint density at radius 1 is 1.24 bits per heavy atom. The maximum Gasteiger partial charge on any atom is 0.270 e. The predicted molar refractivity (Wildman–Crippen MR) is 135 cm³/mol. The molecule has 1 aromatic heterocycles. The summed E-state index contributed by atoms with van der Waals surface area (Å²) in [6.45, 7) is 6.86. The first-order valence-corrected chi connectivity index (χ1v) is 13.0. The largest absolute Gasteiger partial charge is 0.378 e. The molecule has 1 aliphatic carbocycles. The number of nitrogens with zero attached hydrogens (tertiary/aromatic N) is 4. The average molecular weight is 487 g/mol. The van der Waals surface area contributed by atoms with E-state index in [-0.39, 0.29) is 23.1 Å². The summed E-state index contributed by atoms with van der Waals surface area (Å²) in [5.41, 5.74) is 1.25. The molecule has 9 heteroatoms. The molecular weight excluding hydrogens is 456 g/mol. The van der Waals surface area contributed by atoms with E-state index in [2.05, 4.69) is 17.9 Å². The third-order valence-corrected chi connectivity index (χ3v) is 8.01. The van der Waals surface area contributed by atoms with Crippen LogP contribution in [0.25, 0.3) is 6.08 Å². The van der Waals surface area contributed by atoms with Crippen LogP contribution < -0.4 is 10.5 Å². The maximum atomic E-state index is 13.4. The third-order valence-electron chi connectivity index (χ3n) is 6.68. The highest BCUT2D eigenvalue weighted by Gasteiger charge is 2.38. The van der Waals surface area contributed by atoms with Crippen molar-refractivity contribution < 1.29 is 9.53 Å². The van der Waals surface area contributed by atoms with Crippen LogP contribution in [0.1, 0.15) is 62.1 Å². The molecule has 0 bridgehead atoms. The van der Waals surface area contributed by atoms with Crippen molar-refractivity contribution in [2.75, 3.05) is 31.2 Å². The Kier molecular flexibility index (Phi) is 7.57. The highest BCUT2D eigenvalue weighted by atomic mass is 32.2. The topological polar surface area (TPSA) is 78.6 Å². The van der Waals surface area contributed by atoms with E-state index in [1.54, 1.807) is 16.4 Å². The normalized spacial score (nSPS) is 20.8. The number of carbonyl (C=O) groups is 1. The van der Waals surface area contributed by atoms with Gasteiger partial charge in [-0.1, -0.05) is 50.2 Å². The van der Waals surface area contributed by atoms with Crippen LogP contribution >= 0.6 is 24.0 Å². The van der Waals surface area contributed by atoms with Gasteiger partial charge in [-0.25, -0.2) is 0 Å². The lowest BCUT2D eigenvalue weighted by atomic mass is 10.0. The quantitative estimate of drug-likeness (QED) is 0.447. The fourth-order valence-electron chi connectivity index (χ4n) is 4.87. The smallest absolute Gasteiger partial charge is 0.270 e. The van der Waals surface area contributed by atoms with E-state index in [1.807, 2.05) is 6.08 Å². The Morgan fingerprint density at radius 3 is 2.58 bits per heavy atom. The van der Waals surface area contributed by atoms with Crippen molar-refractivity contribution >= 4 is 46.1 Å². The molecule has 0 atom stereocenters. The molecule has 4 rings (SSSR count). The van der Waals surface area contributed by atoms with Gasteiger partial charge in [-0.15, -0.1) is 0 Å². The molecule has 7 nitrogen and oxygen atoms in total. The number of morpholine rings is 1. The van der Waals surface area contributed by atoms with E-state index in [0.29, 0.717) is 47.6 Å². The summed E-state index contributed by atoms with van der Waals surface area (Å²) in [5.74, 6) is 0.716. The minimum atomic E-state index is -0.263. The number of anilines is 1. The zero-order valence-electron chi connectivity index (χ0n) is 19.3. The van der Waals surface area contributed by atoms with Crippen molar-refractivity contribution in [1.82, 2.24) is 9.47 Å². The molecule has 0 aromatic carbocycles. The average Bonchev–Trinajstić information content (AvgIpc) is 3.43. The van der Waals surface area contributed by atoms with Gasteiger partial charge in [0.05, 0.1) is 18.1 Å². The van der Waals surface area contributed by atoms with E-state index < -0.39 is 0 Å². The zero-order chi connectivity index (χ0) is 23.5. The molecule has 1 aromatic rings. The van der Waals surface area contributed by atoms with Crippen molar-refractivity contribution in [1.29, 1.82) is 5.26 Å². The first kappa shape index (κ1) is 24.0. The first-order valence-electron chi connectivity index (χ1n) is 11.7. The van der Waals surface area contributed by atoms with Gasteiger partial charge in [-0.2, -0.15) is 5.26 Å². The summed E-state index contributed by atoms with van der Waals surface area (Å²) in [5, 5.41) is 9.80. The molecule has 3 heterocycles. The number of thiocarbonyl (C=S) groups is 1. The van der Waals surface area contributed by atoms with E-state index in [1.165, 1.54) is 11.8 Å². The van der Waals surface area contributed by atoms with Gasteiger partial charge in [0.15, 0.2) is 0 Å². The van der Waals surface area contributed by atoms with Gasteiger partial charge in [0.25, 0.3) is 11.5 Å². The number of nitriles is 1. The molecule has 3 fully saturated rings. The number of aromatic nitrogens is 1. The Balaban J connectivity index is 1.86. The van der Waals surface area contributed by atoms with Crippen molar-refractivity contribution in [3.8, 4) is 6.07 Å². The predicted octanol–water partition coefficient (Wildman–Crippen LogP) is 3.81. The second-order valence-corrected chi connectivity index (χ2v) is 10.4. The number of carbonyl (C=O) groups excluding carboxylic acids is 1. The number of pyridine rings is 1. The monoisotopic (exact) mass is 486 g/mol. The van der Waals surface area contributed by atoms with Gasteiger partial charge < -0.3 is 9.64 Å². The first-order chi connectivity index (χ1) is 16.0. The Labute approximate surface area is 204 Å². The molecule has 2 saturated heterocycles. The number of hydrogen-bond donors (Lipinski definition) is 0. The second kappa shape index (κ2) is 10.4. The van der Waals surface area contributed by atoms with Crippen molar-refractivity contribution in [3.63, 3.8) is 0 Å². The number of unbranched alkanes of at least 4 members (excludes halogenated alkanes) is 1. The number of ether oxygens (including phenoxy) is 1. The second-order valence-electron chi connectivity index (χ2n) is 8.75. The lowest BCUT2D eigenvalue weighted by molar-refractivity contribution is -0.123. The molecule has 3 aliphatic rings. The van der Waals surface area contributed by atoms with Crippen molar-refractivity contribution in [3.05, 3.63) is 31.9 Å². The SMILES string of the molecule is CCCCn1c(N2CCOCC2)c(/C=C2\SC(=S)N(C3CCCC3)C2=O)c(C)c(C#N)c1=O. The number of thioether (sulfide) groups is 1. The molecule has 33 heavy (non-hydrogen) atoms. The van der Waals surface area contributed by atoms with E-state index in [9.17, 15) is 14.9 Å². The van der Waals surface area contributed by atoms with Crippen LogP contribution in [-0.4, -0.2) is 52.0 Å². The van der Waals surface area contributed by atoms with Gasteiger partial charge in [0.1, 0.15) is 21.8 Å². The highest BCUT2D eigenvalue weighted by molar-refractivity contribution is 8.26. The summed E-state index contributed by atoms with van der Waals surface area (Å²) in [4.78, 5) is 31.1. The minimum absolute atomic E-state index is 0.0611. The molecule has 1 saturated carbocycles. The maximum absolute atomic E-state index is 13.4. The van der Waals surface area contributed by atoms with Crippen LogP contribution in [0.2, 0.25) is 0 Å². The van der Waals surface area contributed by atoms with Gasteiger partial charge >= 0.3 is 0 Å². The number of hydrogen-bond acceptors (Lipinski definition) is 7. The molecule has 0 N–H and O–H groups in total. The Hall–Kier alpha value is -2.15. The molecule has 0 spiro atoms. The van der Waals surface area contributed by atoms with Crippen LogP contribution in [-0.2, 0) is 16.1 Å². The fourth-order valence-corrected chi connectivity index (χ4v) is 6.25. The summed E-state index contributed by atoms with van der Waals surface area (Å²) in [7, 11) is 0. The summed E-state index contributed by atoms with van der Waals surface area (Å²) < 4.78 is 7.87. The molecule has 0 radical (unpaired) electrons. The number of rotatable bonds is 6. The molecule has 0 unspecified atom stereocenters. The van der Waals surface area contributed by atoms with E-state index >= 15 is 0 Å². The summed E-state index contributed by atoms with van der Waals surface area (Å²) in [6.07, 6.45) is 7.83. The van der Waals surface area contributed by atoms with Gasteiger partial charge in [0.2, 0.25) is 0 Å². The fraction of sp³-hybridized carbons (Fsp3) is 0.583. The highest BCUT2D eigenvalue weighted by Crippen LogP contribution is 2.39. The molecule has 2 aliphatic heterocycles. The Bertz CT molecular complexity index is 1080. The van der Waals surface area contributed by atoms with Crippen LogP contribution in [0.15, 0.2) is 9.70 Å². The summed E-state index contributed by atoms with van der Waals surface area (Å²) in [6, 6.07) is 2.29. The van der Waals surface area contributed by atoms with E-state index in [0.717, 1.165) is 49.9 Å². The van der Waals surface area contributed by atoms with Crippen LogP contribution in [0.3, 0.4) is 0 Å². The van der Waals surface area contributed by atoms with Crippen LogP contribution in [0, 0.1) is 18.3 Å². The zero-order valence-corrected chi connectivity index (χ0v) is 20.9. The van der Waals surface area contributed by atoms with Crippen LogP contribution in [0.4, 0.5) is 5.82 Å². The lowest BCUT2D eigenvalue weighted by Crippen LogP contribution is -2.41.